The van der Waals surface area contributed by atoms with E-state index in [9.17, 15) is 5.11 Å². The van der Waals surface area contributed by atoms with E-state index in [0.717, 1.165) is 18.5 Å². The molecule has 15 heavy (non-hydrogen) atoms. The highest BCUT2D eigenvalue weighted by Gasteiger charge is 2.19. The van der Waals surface area contributed by atoms with Crippen LogP contribution in [0.4, 0.5) is 0 Å². The quantitative estimate of drug-likeness (QED) is 0.723. The molecule has 0 fully saturated rings. The van der Waals surface area contributed by atoms with Gasteiger partial charge in [0.2, 0.25) is 0 Å². The van der Waals surface area contributed by atoms with Gasteiger partial charge in [0.05, 0.1) is 0 Å². The Labute approximate surface area is 91.6 Å². The molecule has 0 aromatic heterocycles. The fourth-order valence-corrected chi connectivity index (χ4v) is 1.74. The summed E-state index contributed by atoms with van der Waals surface area (Å²) in [6.07, 6.45) is 2.85. The molecule has 2 nitrogen and oxygen atoms in total. The molecule has 1 aromatic carbocycles. The highest BCUT2D eigenvalue weighted by Crippen LogP contribution is 2.24. The zero-order valence-corrected chi connectivity index (χ0v) is 9.46. The van der Waals surface area contributed by atoms with Crippen molar-refractivity contribution in [2.75, 3.05) is 13.6 Å². The van der Waals surface area contributed by atoms with Gasteiger partial charge < -0.3 is 10.4 Å². The van der Waals surface area contributed by atoms with Crippen molar-refractivity contribution in [1.82, 2.24) is 5.32 Å². The lowest BCUT2D eigenvalue weighted by molar-refractivity contribution is 0.405. The van der Waals surface area contributed by atoms with E-state index in [1.54, 1.807) is 12.1 Å². The van der Waals surface area contributed by atoms with Crippen LogP contribution in [0, 0.1) is 5.41 Å². The lowest BCUT2D eigenvalue weighted by Crippen LogP contribution is -2.29. The Kier molecular flexibility index (Phi) is 3.92. The van der Waals surface area contributed by atoms with Crippen molar-refractivity contribution in [3.8, 4) is 5.75 Å². The topological polar surface area (TPSA) is 32.3 Å². The van der Waals surface area contributed by atoms with Gasteiger partial charge in [0.15, 0.2) is 0 Å². The summed E-state index contributed by atoms with van der Waals surface area (Å²) in [7, 11) is 1.93. The van der Waals surface area contributed by atoms with Crippen LogP contribution in [0.2, 0.25) is 0 Å². The molecule has 82 valence electrons. The molecule has 1 aromatic rings. The average molecular weight is 205 g/mol. The molecule has 0 spiro atoms. The van der Waals surface area contributed by atoms with Gasteiger partial charge in [-0.3, -0.25) is 0 Å². The summed E-state index contributed by atoms with van der Waals surface area (Å²) in [5, 5.41) is 12.5. The molecule has 1 atom stereocenters. The molecule has 0 aliphatic heterocycles. The molecule has 1 rings (SSSR count). The van der Waals surface area contributed by atoms with E-state index in [0.29, 0.717) is 5.75 Å². The first-order valence-corrected chi connectivity index (χ1v) is 5.16. The molecule has 0 saturated heterocycles. The van der Waals surface area contributed by atoms with Crippen LogP contribution in [0.25, 0.3) is 0 Å². The average Bonchev–Trinajstić information content (AvgIpc) is 2.18. The van der Waals surface area contributed by atoms with Gasteiger partial charge in [-0.1, -0.05) is 25.1 Å². The smallest absolute Gasteiger partial charge is 0.115 e. The maximum Gasteiger partial charge on any atom is 0.115 e. The molecule has 0 aliphatic carbocycles. The van der Waals surface area contributed by atoms with Gasteiger partial charge in [-0.15, -0.1) is 6.58 Å². The molecule has 0 aliphatic rings. The van der Waals surface area contributed by atoms with E-state index in [4.69, 9.17) is 0 Å². The Bertz CT molecular complexity index is 335. The van der Waals surface area contributed by atoms with Crippen LogP contribution < -0.4 is 5.32 Å². The van der Waals surface area contributed by atoms with Crippen molar-refractivity contribution in [3.05, 3.63) is 42.5 Å². The lowest BCUT2D eigenvalue weighted by Gasteiger charge is -2.25. The largest absolute Gasteiger partial charge is 0.508 e. The fraction of sp³-hybridized carbons (Fsp3) is 0.385. The Morgan fingerprint density at radius 2 is 2.27 bits per heavy atom. The van der Waals surface area contributed by atoms with E-state index >= 15 is 0 Å². The second-order valence-corrected chi connectivity index (χ2v) is 4.24. The van der Waals surface area contributed by atoms with Crippen LogP contribution in [0.1, 0.15) is 12.5 Å². The Morgan fingerprint density at radius 1 is 1.53 bits per heavy atom. The van der Waals surface area contributed by atoms with Gasteiger partial charge in [0.1, 0.15) is 5.75 Å². The number of nitrogens with one attached hydrogen (secondary N) is 1. The van der Waals surface area contributed by atoms with Gasteiger partial charge in [0.25, 0.3) is 0 Å². The maximum atomic E-state index is 9.37. The molecule has 0 radical (unpaired) electrons. The summed E-state index contributed by atoms with van der Waals surface area (Å²) in [5.74, 6) is 0.323. The van der Waals surface area contributed by atoms with Crippen LogP contribution in [-0.4, -0.2) is 18.7 Å². The summed E-state index contributed by atoms with van der Waals surface area (Å²) in [6.45, 7) is 6.90. The minimum atomic E-state index is 0.0303. The molecule has 2 heteroatoms. The molecule has 2 N–H and O–H groups in total. The third kappa shape index (κ3) is 3.40. The predicted molar refractivity (Wildman–Crippen MR) is 64.0 cm³/mol. The van der Waals surface area contributed by atoms with Crippen molar-refractivity contribution in [2.24, 2.45) is 5.41 Å². The Hall–Kier alpha value is -1.28. The van der Waals surface area contributed by atoms with Crippen LogP contribution in [0.5, 0.6) is 5.75 Å². The summed E-state index contributed by atoms with van der Waals surface area (Å²) in [5.41, 5.74) is 1.16. The first-order valence-electron chi connectivity index (χ1n) is 5.16. The van der Waals surface area contributed by atoms with Crippen LogP contribution in [0.3, 0.4) is 0 Å². The minimum absolute atomic E-state index is 0.0303. The number of rotatable bonds is 5. The van der Waals surface area contributed by atoms with Gasteiger partial charge >= 0.3 is 0 Å². The van der Waals surface area contributed by atoms with Crippen LogP contribution in [-0.2, 0) is 6.42 Å². The van der Waals surface area contributed by atoms with Crippen molar-refractivity contribution in [3.63, 3.8) is 0 Å². The standard InChI is InChI=1S/C13H19NO/c1-4-13(2,10-14-3)9-11-6-5-7-12(15)8-11/h4-8,14-15H,1,9-10H2,2-3H3. The fourth-order valence-electron chi connectivity index (χ4n) is 1.74. The SMILES string of the molecule is C=CC(C)(CNC)Cc1cccc(O)c1. The first-order chi connectivity index (χ1) is 7.09. The molecule has 0 heterocycles. The number of phenolic OH excluding ortho intramolecular Hbond substituents is 1. The third-order valence-corrected chi connectivity index (χ3v) is 2.59. The number of hydrogen-bond donors (Lipinski definition) is 2. The third-order valence-electron chi connectivity index (χ3n) is 2.59. The summed E-state index contributed by atoms with van der Waals surface area (Å²) < 4.78 is 0. The molecule has 0 amide bonds. The predicted octanol–water partition coefficient (Wildman–Crippen LogP) is 2.35. The van der Waals surface area contributed by atoms with E-state index in [1.165, 1.54) is 0 Å². The van der Waals surface area contributed by atoms with Crippen LogP contribution in [0.15, 0.2) is 36.9 Å². The zero-order chi connectivity index (χ0) is 11.3. The Morgan fingerprint density at radius 3 is 2.80 bits per heavy atom. The molecular weight excluding hydrogens is 186 g/mol. The number of phenols is 1. The summed E-state index contributed by atoms with van der Waals surface area (Å²) in [4.78, 5) is 0. The summed E-state index contributed by atoms with van der Waals surface area (Å²) >= 11 is 0. The highest BCUT2D eigenvalue weighted by atomic mass is 16.3. The molecule has 1 unspecified atom stereocenters. The number of hydrogen-bond acceptors (Lipinski definition) is 2. The van der Waals surface area contributed by atoms with Gasteiger partial charge in [0, 0.05) is 12.0 Å². The lowest BCUT2D eigenvalue weighted by atomic mass is 9.83. The van der Waals surface area contributed by atoms with Crippen molar-refractivity contribution in [2.45, 2.75) is 13.3 Å². The molecule has 0 saturated carbocycles. The van der Waals surface area contributed by atoms with E-state index < -0.39 is 0 Å². The second-order valence-electron chi connectivity index (χ2n) is 4.24. The van der Waals surface area contributed by atoms with E-state index in [2.05, 4.69) is 18.8 Å². The van der Waals surface area contributed by atoms with Crippen LogP contribution >= 0.6 is 0 Å². The molecule has 0 bridgehead atoms. The van der Waals surface area contributed by atoms with E-state index in [-0.39, 0.29) is 5.41 Å². The zero-order valence-electron chi connectivity index (χ0n) is 9.46. The summed E-state index contributed by atoms with van der Waals surface area (Å²) in [6, 6.07) is 7.38. The maximum absolute atomic E-state index is 9.37. The van der Waals surface area contributed by atoms with Crippen molar-refractivity contribution in [1.29, 1.82) is 0 Å². The first kappa shape index (κ1) is 11.8. The van der Waals surface area contributed by atoms with Gasteiger partial charge in [-0.25, -0.2) is 0 Å². The van der Waals surface area contributed by atoms with Crippen molar-refractivity contribution < 1.29 is 5.11 Å². The monoisotopic (exact) mass is 205 g/mol. The van der Waals surface area contributed by atoms with Crippen molar-refractivity contribution >= 4 is 0 Å². The number of aromatic hydroxyl groups is 1. The number of benzene rings is 1. The van der Waals surface area contributed by atoms with Gasteiger partial charge in [-0.2, -0.15) is 0 Å². The normalized spacial score (nSPS) is 14.5. The second kappa shape index (κ2) is 4.99. The highest BCUT2D eigenvalue weighted by molar-refractivity contribution is 5.28. The van der Waals surface area contributed by atoms with E-state index in [1.807, 2.05) is 25.3 Å². The molecular formula is C13H19NO. The Balaban J connectivity index is 2.78. The minimum Gasteiger partial charge on any atom is -0.508 e. The van der Waals surface area contributed by atoms with Gasteiger partial charge in [-0.05, 0) is 31.2 Å².